The predicted molar refractivity (Wildman–Crippen MR) is 159 cm³/mol. The van der Waals surface area contributed by atoms with Gasteiger partial charge in [0.1, 0.15) is 17.9 Å². The van der Waals surface area contributed by atoms with Crippen molar-refractivity contribution in [2.24, 2.45) is 9.98 Å². The monoisotopic (exact) mass is 548 g/mol. The van der Waals surface area contributed by atoms with E-state index >= 15 is 0 Å². The van der Waals surface area contributed by atoms with Gasteiger partial charge in [-0.2, -0.15) is 31.7 Å². The van der Waals surface area contributed by atoms with Crippen LogP contribution in [-0.2, 0) is 4.79 Å². The number of rotatable bonds is 14. The molecule has 0 radical (unpaired) electrons. The van der Waals surface area contributed by atoms with Crippen molar-refractivity contribution in [2.75, 3.05) is 25.0 Å². The molecule has 11 heteroatoms. The maximum Gasteiger partial charge on any atom is 1.00 e. The van der Waals surface area contributed by atoms with Crippen molar-refractivity contribution in [1.29, 1.82) is 0 Å². The van der Waals surface area contributed by atoms with Crippen LogP contribution < -0.4 is 52.5 Å². The standard InChI is InChI=1S/C31H30N6O3.2Li/c1-7-25(15-16-33-20-32-6)40-27-14-12-24(19-23(27)5)36-31-29-26(34-21-35-31)13-11-22(4)30(29)39-18-10-17-37(9-3)28(38)8-2;;/h1,7-8,10-15,19-21H,2-4,6,9,17-18H2,5H3,(H,34,35,36);;/q-6;2*+1/b25-15+,32-20?;;. The van der Waals surface area contributed by atoms with Crippen LogP contribution in [0.1, 0.15) is 11.1 Å². The van der Waals surface area contributed by atoms with E-state index in [-0.39, 0.29) is 50.2 Å². The second-order valence-corrected chi connectivity index (χ2v) is 8.24. The normalized spacial score (nSPS) is 11.0. The average molecular weight is 549 g/mol. The summed E-state index contributed by atoms with van der Waals surface area (Å²) < 4.78 is 12.0. The third kappa shape index (κ3) is 9.90. The number of aliphatic imine (C=N–C) groups is 2. The zero-order chi connectivity index (χ0) is 28.9. The molecule has 3 aromatic rings. The van der Waals surface area contributed by atoms with Crippen molar-refractivity contribution in [3.63, 3.8) is 0 Å². The first-order valence-corrected chi connectivity index (χ1v) is 12.2. The molecule has 9 nitrogen and oxygen atoms in total. The van der Waals surface area contributed by atoms with Gasteiger partial charge in [-0.3, -0.25) is 17.8 Å². The molecule has 0 saturated heterocycles. The zero-order valence-electron chi connectivity index (χ0n) is 24.3. The Morgan fingerprint density at radius 1 is 1.29 bits per heavy atom. The van der Waals surface area contributed by atoms with Crippen molar-refractivity contribution in [2.45, 2.75) is 6.92 Å². The number of aromatic nitrogens is 2. The maximum absolute atomic E-state index is 11.9. The second-order valence-electron chi connectivity index (χ2n) is 8.24. The molecule has 0 aliphatic heterocycles. The number of fused-ring (bicyclic) bond motifs is 1. The molecule has 3 rings (SSSR count). The summed E-state index contributed by atoms with van der Waals surface area (Å²) >= 11 is 0. The SMILES string of the molecule is [CH-]=C/C(=C\[C-]=NC=N[CH2-])Oc1ccc(Nc2ncnc3ccc([CH2-])c(OC[CH-]CN(C[CH2-])C(=O)C=C)c23)cc1C.[Li+].[Li+]. The fraction of sp³-hybridized carbons (Fsp3) is 0.129. The molecule has 0 fully saturated rings. The number of ether oxygens (including phenoxy) is 2. The van der Waals surface area contributed by atoms with Gasteiger partial charge >= 0.3 is 37.7 Å². The van der Waals surface area contributed by atoms with E-state index in [2.05, 4.69) is 59.0 Å². The summed E-state index contributed by atoms with van der Waals surface area (Å²) in [5.74, 6) is 1.86. The number of hydrogen-bond donors (Lipinski definition) is 1. The first kappa shape index (κ1) is 36.2. The van der Waals surface area contributed by atoms with E-state index in [1.165, 1.54) is 30.9 Å². The van der Waals surface area contributed by atoms with Gasteiger partial charge in [0, 0.05) is 22.6 Å². The largest absolute Gasteiger partial charge is 1.00 e. The van der Waals surface area contributed by atoms with Crippen LogP contribution >= 0.6 is 0 Å². The van der Waals surface area contributed by atoms with Crippen molar-refractivity contribution < 1.29 is 52.0 Å². The molecule has 0 unspecified atom stereocenters. The molecule has 0 spiro atoms. The topological polar surface area (TPSA) is 101 Å². The van der Waals surface area contributed by atoms with Gasteiger partial charge in [-0.05, 0) is 43.4 Å². The Kier molecular flexibility index (Phi) is 16.0. The molecular formula is C31H30Li2N6O3-4. The summed E-state index contributed by atoms with van der Waals surface area (Å²) in [6, 6.07) is 9.27. The number of hydrogen-bond acceptors (Lipinski definition) is 7. The Hall–Kier alpha value is -3.86. The van der Waals surface area contributed by atoms with Gasteiger partial charge in [0.2, 0.25) is 5.91 Å². The molecule has 208 valence electrons. The van der Waals surface area contributed by atoms with Crippen molar-refractivity contribution in [1.82, 2.24) is 14.9 Å². The van der Waals surface area contributed by atoms with Crippen LogP contribution in [0.15, 0.2) is 77.2 Å². The Labute approximate surface area is 272 Å². The van der Waals surface area contributed by atoms with Crippen molar-refractivity contribution in [3.05, 3.63) is 112 Å². The average Bonchev–Trinajstić information content (AvgIpc) is 2.96. The molecule has 1 amide bonds. The molecule has 42 heavy (non-hydrogen) atoms. The van der Waals surface area contributed by atoms with Gasteiger partial charge < -0.3 is 36.6 Å². The Bertz CT molecular complexity index is 1460. The fourth-order valence-corrected chi connectivity index (χ4v) is 3.59. The Morgan fingerprint density at radius 2 is 2.07 bits per heavy atom. The molecule has 0 saturated carbocycles. The first-order valence-electron chi connectivity index (χ1n) is 12.2. The molecule has 0 atom stereocenters. The molecule has 2 aromatic carbocycles. The molecule has 0 bridgehead atoms. The minimum atomic E-state index is -0.193. The van der Waals surface area contributed by atoms with Crippen LogP contribution in [0.3, 0.4) is 0 Å². The van der Waals surface area contributed by atoms with Crippen LogP contribution in [0.2, 0.25) is 0 Å². The zero-order valence-corrected chi connectivity index (χ0v) is 24.3. The third-order valence-electron chi connectivity index (χ3n) is 5.54. The number of amides is 1. The van der Waals surface area contributed by atoms with Crippen LogP contribution in [0.25, 0.3) is 10.9 Å². The van der Waals surface area contributed by atoms with Crippen LogP contribution in [0, 0.1) is 40.8 Å². The van der Waals surface area contributed by atoms with Gasteiger partial charge in [0.15, 0.2) is 0 Å². The summed E-state index contributed by atoms with van der Waals surface area (Å²) in [7, 11) is 3.31. The third-order valence-corrected chi connectivity index (χ3v) is 5.54. The second kappa shape index (κ2) is 18.6. The minimum absolute atomic E-state index is 0. The number of benzene rings is 2. The van der Waals surface area contributed by atoms with Crippen LogP contribution in [0.5, 0.6) is 11.5 Å². The van der Waals surface area contributed by atoms with Crippen molar-refractivity contribution in [3.8, 4) is 11.5 Å². The quantitative estimate of drug-likeness (QED) is 0.0419. The molecular weight excluding hydrogens is 518 g/mol. The van der Waals surface area contributed by atoms with E-state index in [0.29, 0.717) is 52.6 Å². The summed E-state index contributed by atoms with van der Waals surface area (Å²) in [6.07, 6.45) is 11.3. The number of nitrogens with zero attached hydrogens (tertiary/aromatic N) is 5. The minimum Gasteiger partial charge on any atom is -0.581 e. The number of carbonyl (C=O) groups is 1. The predicted octanol–water partition coefficient (Wildman–Crippen LogP) is -0.677. The van der Waals surface area contributed by atoms with Gasteiger partial charge in [-0.15, -0.1) is 19.2 Å². The summed E-state index contributed by atoms with van der Waals surface area (Å²) in [5, 5.41) is 4.03. The number of nitrogens with one attached hydrogen (secondary N) is 1. The van der Waals surface area contributed by atoms with Gasteiger partial charge in [0.25, 0.3) is 0 Å². The van der Waals surface area contributed by atoms with Crippen LogP contribution in [0.4, 0.5) is 11.5 Å². The number of allylic oxidation sites excluding steroid dienone is 2. The van der Waals surface area contributed by atoms with Gasteiger partial charge in [-0.1, -0.05) is 25.2 Å². The van der Waals surface area contributed by atoms with E-state index in [1.54, 1.807) is 4.90 Å². The summed E-state index contributed by atoms with van der Waals surface area (Å²) in [6.45, 7) is 19.9. The van der Waals surface area contributed by atoms with Gasteiger partial charge in [0.05, 0.1) is 5.52 Å². The number of carbonyl (C=O) groups excluding carboxylic acids is 1. The van der Waals surface area contributed by atoms with E-state index in [1.807, 2.05) is 43.7 Å². The molecule has 1 heterocycles. The maximum atomic E-state index is 11.9. The molecule has 1 N–H and O–H groups in total. The number of aryl methyl sites for hydroxylation is 1. The fourth-order valence-electron chi connectivity index (χ4n) is 3.59. The molecule has 0 aliphatic carbocycles. The van der Waals surface area contributed by atoms with Gasteiger partial charge in [-0.25, -0.2) is 9.97 Å². The number of anilines is 2. The first-order chi connectivity index (χ1) is 19.4. The Morgan fingerprint density at radius 3 is 2.74 bits per heavy atom. The van der Waals surface area contributed by atoms with E-state index in [4.69, 9.17) is 16.1 Å². The van der Waals surface area contributed by atoms with Crippen molar-refractivity contribution >= 4 is 40.9 Å². The smallest absolute Gasteiger partial charge is 0.581 e. The summed E-state index contributed by atoms with van der Waals surface area (Å²) in [4.78, 5) is 29.6. The van der Waals surface area contributed by atoms with Crippen LogP contribution in [-0.4, -0.2) is 53.0 Å². The van der Waals surface area contributed by atoms with E-state index in [9.17, 15) is 4.79 Å². The molecule has 0 aliphatic rings. The summed E-state index contributed by atoms with van der Waals surface area (Å²) in [5.41, 5.74) is 2.98. The molecule has 1 aromatic heterocycles. The van der Waals surface area contributed by atoms with E-state index in [0.717, 1.165) is 11.3 Å². The Balaban J connectivity index is 0.00000441. The van der Waals surface area contributed by atoms with E-state index < -0.39 is 0 Å².